The number of carbonyl (C=O) groups excluding carboxylic acids is 3. The molecule has 0 bridgehead atoms. The van der Waals surface area contributed by atoms with Crippen LogP contribution in [0.1, 0.15) is 43.1 Å². The number of likely N-dealkylation sites (tertiary alicyclic amines) is 1. The second kappa shape index (κ2) is 10.2. The van der Waals surface area contributed by atoms with Crippen molar-refractivity contribution in [2.75, 3.05) is 13.1 Å². The van der Waals surface area contributed by atoms with E-state index in [9.17, 15) is 29.3 Å². The molecule has 0 saturated carbocycles. The van der Waals surface area contributed by atoms with E-state index in [1.165, 1.54) is 47.5 Å². The molecule has 1 aliphatic rings. The van der Waals surface area contributed by atoms with E-state index in [4.69, 9.17) is 0 Å². The van der Waals surface area contributed by atoms with Gasteiger partial charge in [-0.05, 0) is 32.8 Å². The summed E-state index contributed by atoms with van der Waals surface area (Å²) in [6.07, 6.45) is 2.22. The van der Waals surface area contributed by atoms with E-state index in [0.717, 1.165) is 10.6 Å². The topological polar surface area (TPSA) is 132 Å². The lowest BCUT2D eigenvalue weighted by Gasteiger charge is -2.34. The zero-order chi connectivity index (χ0) is 24.1. The predicted octanol–water partition coefficient (Wildman–Crippen LogP) is 1.94. The minimum absolute atomic E-state index is 0.0130. The number of nitrogens with zero attached hydrogens (tertiary/aromatic N) is 3. The number of pyridine rings is 1. The molecule has 1 fully saturated rings. The smallest absolute Gasteiger partial charge is 0.270 e. The normalized spacial score (nSPS) is 15.2. The molecule has 1 unspecified atom stereocenters. The zero-order valence-electron chi connectivity index (χ0n) is 18.5. The molecular formula is C23H26N4O6. The number of rotatable bonds is 7. The van der Waals surface area contributed by atoms with Gasteiger partial charge in [0, 0.05) is 55.0 Å². The van der Waals surface area contributed by atoms with Gasteiger partial charge in [-0.15, -0.1) is 0 Å². The van der Waals surface area contributed by atoms with Crippen LogP contribution in [-0.2, 0) is 9.59 Å². The summed E-state index contributed by atoms with van der Waals surface area (Å²) < 4.78 is 1.04. The molecule has 0 spiro atoms. The second-order valence-electron chi connectivity index (χ2n) is 8.28. The summed E-state index contributed by atoms with van der Waals surface area (Å²) in [7, 11) is 0. The summed E-state index contributed by atoms with van der Waals surface area (Å²) in [4.78, 5) is 63.6. The van der Waals surface area contributed by atoms with Crippen molar-refractivity contribution >= 4 is 23.3 Å². The number of nitro groups is 1. The predicted molar refractivity (Wildman–Crippen MR) is 120 cm³/mol. The van der Waals surface area contributed by atoms with Crippen LogP contribution in [0.25, 0.3) is 0 Å². The molecule has 33 heavy (non-hydrogen) atoms. The molecule has 1 aromatic heterocycles. The van der Waals surface area contributed by atoms with Crippen molar-refractivity contribution in [3.05, 3.63) is 74.7 Å². The number of hydrogen-bond acceptors (Lipinski definition) is 6. The fourth-order valence-electron chi connectivity index (χ4n) is 3.88. The van der Waals surface area contributed by atoms with Crippen LogP contribution >= 0.6 is 0 Å². The van der Waals surface area contributed by atoms with Gasteiger partial charge in [-0.3, -0.25) is 33.9 Å². The first-order valence-electron chi connectivity index (χ1n) is 10.7. The maximum Gasteiger partial charge on any atom is 0.270 e. The largest absolute Gasteiger partial charge is 0.354 e. The third-order valence-corrected chi connectivity index (χ3v) is 5.56. The first-order chi connectivity index (χ1) is 15.7. The minimum Gasteiger partial charge on any atom is -0.354 e. The van der Waals surface area contributed by atoms with Gasteiger partial charge >= 0.3 is 0 Å². The number of nitrogens with one attached hydrogen (secondary N) is 1. The molecule has 10 nitrogen and oxygen atoms in total. The van der Waals surface area contributed by atoms with Crippen molar-refractivity contribution in [2.45, 2.75) is 38.8 Å². The molecule has 174 valence electrons. The molecule has 1 saturated heterocycles. The lowest BCUT2D eigenvalue weighted by molar-refractivity contribution is -0.384. The summed E-state index contributed by atoms with van der Waals surface area (Å²) in [5, 5.41) is 14.0. The number of carbonyl (C=O) groups is 3. The molecule has 1 aromatic carbocycles. The van der Waals surface area contributed by atoms with E-state index in [1.54, 1.807) is 0 Å². The van der Waals surface area contributed by atoms with Crippen LogP contribution in [0, 0.1) is 16.0 Å². The molecule has 10 heteroatoms. The first-order valence-corrected chi connectivity index (χ1v) is 10.7. The fourth-order valence-corrected chi connectivity index (χ4v) is 3.88. The molecule has 1 atom stereocenters. The van der Waals surface area contributed by atoms with Gasteiger partial charge in [0.2, 0.25) is 5.91 Å². The lowest BCUT2D eigenvalue weighted by Crippen LogP contribution is -2.48. The number of ketones is 1. The quantitative estimate of drug-likeness (QED) is 0.294. The Labute approximate surface area is 190 Å². The second-order valence-corrected chi connectivity index (χ2v) is 8.28. The summed E-state index contributed by atoms with van der Waals surface area (Å²) in [5.41, 5.74) is -0.866. The van der Waals surface area contributed by atoms with E-state index in [-0.39, 0.29) is 42.2 Å². The van der Waals surface area contributed by atoms with Crippen LogP contribution in [-0.4, -0.2) is 51.1 Å². The van der Waals surface area contributed by atoms with E-state index >= 15 is 0 Å². The SMILES string of the molecule is CC(C)NC(=O)C1CCN(C(=O)C(C(=O)c2cccc([N+](=O)[O-])c2)n2ccccc2=O)CC1. The summed E-state index contributed by atoms with van der Waals surface area (Å²) in [6, 6.07) is 7.87. The lowest BCUT2D eigenvalue weighted by atomic mass is 9.94. The number of hydrogen-bond donors (Lipinski definition) is 1. The van der Waals surface area contributed by atoms with Crippen molar-refractivity contribution in [3.8, 4) is 0 Å². The number of piperidine rings is 1. The number of Topliss-reactive ketones (excluding diaryl/α,β-unsaturated/α-hetero) is 1. The molecular weight excluding hydrogens is 428 g/mol. The number of nitro benzene ring substituents is 1. The van der Waals surface area contributed by atoms with Gasteiger partial charge in [0.05, 0.1) is 4.92 Å². The van der Waals surface area contributed by atoms with Crippen molar-refractivity contribution in [2.24, 2.45) is 5.92 Å². The number of amides is 2. The monoisotopic (exact) mass is 454 g/mol. The first kappa shape index (κ1) is 23.8. The Kier molecular flexibility index (Phi) is 7.37. The Balaban J connectivity index is 1.88. The van der Waals surface area contributed by atoms with Gasteiger partial charge in [0.15, 0.2) is 11.8 Å². The minimum atomic E-state index is -1.50. The Bertz CT molecular complexity index is 1120. The highest BCUT2D eigenvalue weighted by molar-refractivity contribution is 6.12. The highest BCUT2D eigenvalue weighted by atomic mass is 16.6. The molecule has 0 radical (unpaired) electrons. The highest BCUT2D eigenvalue weighted by Crippen LogP contribution is 2.24. The standard InChI is InChI=1S/C23H26N4O6/c1-15(2)24-22(30)16-9-12-25(13-10-16)23(31)20(26-11-4-3-8-19(26)28)21(29)17-6-5-7-18(14-17)27(32)33/h3-8,11,14-16,20H,9-10,12-13H2,1-2H3,(H,24,30). The van der Waals surface area contributed by atoms with E-state index in [1.807, 2.05) is 13.8 Å². The Hall–Kier alpha value is -3.82. The maximum absolute atomic E-state index is 13.4. The third kappa shape index (κ3) is 5.51. The number of non-ortho nitro benzene ring substituents is 1. The Morgan fingerprint density at radius 2 is 1.79 bits per heavy atom. The fraction of sp³-hybridized carbons (Fsp3) is 0.391. The van der Waals surface area contributed by atoms with Crippen LogP contribution in [0.5, 0.6) is 0 Å². The van der Waals surface area contributed by atoms with Gasteiger partial charge in [0.1, 0.15) is 0 Å². The van der Waals surface area contributed by atoms with Gasteiger partial charge in [-0.2, -0.15) is 0 Å². The average Bonchev–Trinajstić information content (AvgIpc) is 2.80. The summed E-state index contributed by atoms with van der Waals surface area (Å²) in [6.45, 7) is 4.27. The van der Waals surface area contributed by atoms with Crippen molar-refractivity contribution < 1.29 is 19.3 Å². The summed E-state index contributed by atoms with van der Waals surface area (Å²) in [5.74, 6) is -1.60. The van der Waals surface area contributed by atoms with Gasteiger partial charge < -0.3 is 10.2 Å². The van der Waals surface area contributed by atoms with E-state index < -0.39 is 28.2 Å². The van der Waals surface area contributed by atoms with Crippen LogP contribution < -0.4 is 10.9 Å². The van der Waals surface area contributed by atoms with Crippen LogP contribution in [0.2, 0.25) is 0 Å². The van der Waals surface area contributed by atoms with Gasteiger partial charge in [0.25, 0.3) is 17.2 Å². The van der Waals surface area contributed by atoms with Crippen LogP contribution in [0.3, 0.4) is 0 Å². The molecule has 2 aromatic rings. The molecule has 1 N–H and O–H groups in total. The van der Waals surface area contributed by atoms with E-state index in [2.05, 4.69) is 5.32 Å². The molecule has 2 amide bonds. The van der Waals surface area contributed by atoms with Crippen molar-refractivity contribution in [1.29, 1.82) is 0 Å². The van der Waals surface area contributed by atoms with Crippen LogP contribution in [0.4, 0.5) is 5.69 Å². The molecule has 1 aliphatic heterocycles. The van der Waals surface area contributed by atoms with Crippen molar-refractivity contribution in [3.63, 3.8) is 0 Å². The molecule has 2 heterocycles. The number of aromatic nitrogens is 1. The zero-order valence-corrected chi connectivity index (χ0v) is 18.5. The third-order valence-electron chi connectivity index (χ3n) is 5.56. The molecule has 0 aliphatic carbocycles. The summed E-state index contributed by atoms with van der Waals surface area (Å²) >= 11 is 0. The maximum atomic E-state index is 13.4. The van der Waals surface area contributed by atoms with Crippen molar-refractivity contribution in [1.82, 2.24) is 14.8 Å². The van der Waals surface area contributed by atoms with Crippen LogP contribution in [0.15, 0.2) is 53.5 Å². The number of benzene rings is 1. The highest BCUT2D eigenvalue weighted by Gasteiger charge is 2.36. The van der Waals surface area contributed by atoms with Gasteiger partial charge in [-0.1, -0.05) is 18.2 Å². The van der Waals surface area contributed by atoms with Gasteiger partial charge in [-0.25, -0.2) is 0 Å². The Morgan fingerprint density at radius 3 is 2.39 bits per heavy atom. The van der Waals surface area contributed by atoms with E-state index in [0.29, 0.717) is 12.8 Å². The molecule has 3 rings (SSSR count). The Morgan fingerprint density at radius 1 is 1.09 bits per heavy atom. The average molecular weight is 454 g/mol.